The highest BCUT2D eigenvalue weighted by atomic mass is 32.1. The third kappa shape index (κ3) is 4.06. The first kappa shape index (κ1) is 15.0. The summed E-state index contributed by atoms with van der Waals surface area (Å²) in [7, 11) is 0. The molecule has 0 aliphatic carbocycles. The average Bonchev–Trinajstić information content (AvgIpc) is 3.13. The highest BCUT2D eigenvalue weighted by Gasteiger charge is 2.09. The SMILES string of the molecule is C=CCC(CCc1cccs1)=C(CC=C)c1cccs1. The Bertz CT molecular complexity index is 557. The third-order valence-electron chi connectivity index (χ3n) is 3.24. The normalized spacial score (nSPS) is 12.0. The van der Waals surface area contributed by atoms with Crippen LogP contribution in [0.1, 0.15) is 29.0 Å². The maximum Gasteiger partial charge on any atom is 0.0305 e. The molecule has 0 aliphatic heterocycles. The van der Waals surface area contributed by atoms with Gasteiger partial charge in [-0.05, 0) is 54.1 Å². The maximum absolute atomic E-state index is 3.92. The van der Waals surface area contributed by atoms with Crippen molar-refractivity contribution < 1.29 is 0 Å². The molecule has 0 saturated carbocycles. The maximum atomic E-state index is 3.92. The van der Waals surface area contributed by atoms with E-state index in [1.165, 1.54) is 20.9 Å². The number of allylic oxidation sites excluding steroid dienone is 4. The van der Waals surface area contributed by atoms with Crippen molar-refractivity contribution in [3.05, 3.63) is 75.7 Å². The number of rotatable bonds is 8. The first-order chi connectivity index (χ1) is 9.85. The molecule has 0 aliphatic rings. The van der Waals surface area contributed by atoms with E-state index in [1.54, 1.807) is 0 Å². The molecule has 2 aromatic rings. The fourth-order valence-electron chi connectivity index (χ4n) is 2.29. The molecule has 0 atom stereocenters. The van der Waals surface area contributed by atoms with Gasteiger partial charge in [0.25, 0.3) is 0 Å². The number of aryl methyl sites for hydroxylation is 1. The largest absolute Gasteiger partial charge is 0.149 e. The Morgan fingerprint density at radius 2 is 1.75 bits per heavy atom. The van der Waals surface area contributed by atoms with E-state index >= 15 is 0 Å². The predicted octanol–water partition coefficient (Wildman–Crippen LogP) is 6.35. The van der Waals surface area contributed by atoms with Crippen molar-refractivity contribution in [2.24, 2.45) is 0 Å². The lowest BCUT2D eigenvalue weighted by atomic mass is 9.96. The van der Waals surface area contributed by atoms with E-state index in [0.717, 1.165) is 25.7 Å². The van der Waals surface area contributed by atoms with Crippen molar-refractivity contribution in [3.8, 4) is 0 Å². The lowest BCUT2D eigenvalue weighted by Gasteiger charge is -2.12. The van der Waals surface area contributed by atoms with E-state index in [-0.39, 0.29) is 0 Å². The van der Waals surface area contributed by atoms with Crippen molar-refractivity contribution in [3.63, 3.8) is 0 Å². The zero-order valence-corrected chi connectivity index (χ0v) is 13.3. The average molecular weight is 300 g/mol. The Kier molecular flexibility index (Phi) is 6.03. The summed E-state index contributed by atoms with van der Waals surface area (Å²) in [6.07, 6.45) is 8.14. The van der Waals surface area contributed by atoms with Gasteiger partial charge in [0, 0.05) is 9.75 Å². The standard InChI is InChI=1S/C18H20S2/c1-3-7-15(11-12-16-9-5-13-19-16)17(8-4-2)18-10-6-14-20-18/h3-6,9-10,13-14H,1-2,7-8,11-12H2. The Balaban J connectivity index is 2.23. The monoisotopic (exact) mass is 300 g/mol. The molecule has 0 unspecified atom stereocenters. The summed E-state index contributed by atoms with van der Waals surface area (Å²) in [5.74, 6) is 0. The summed E-state index contributed by atoms with van der Waals surface area (Å²) in [4.78, 5) is 2.82. The molecule has 2 rings (SSSR count). The van der Waals surface area contributed by atoms with Crippen LogP contribution in [-0.2, 0) is 6.42 Å². The van der Waals surface area contributed by atoms with Gasteiger partial charge in [-0.2, -0.15) is 0 Å². The molecule has 0 N–H and O–H groups in total. The highest BCUT2D eigenvalue weighted by molar-refractivity contribution is 7.11. The molecule has 0 fully saturated rings. The van der Waals surface area contributed by atoms with E-state index in [4.69, 9.17) is 0 Å². The minimum Gasteiger partial charge on any atom is -0.149 e. The van der Waals surface area contributed by atoms with Gasteiger partial charge >= 0.3 is 0 Å². The quantitative estimate of drug-likeness (QED) is 0.498. The van der Waals surface area contributed by atoms with Gasteiger partial charge < -0.3 is 0 Å². The van der Waals surface area contributed by atoms with Crippen molar-refractivity contribution >= 4 is 28.2 Å². The minimum absolute atomic E-state index is 0.939. The minimum atomic E-state index is 0.939. The molecular weight excluding hydrogens is 280 g/mol. The van der Waals surface area contributed by atoms with Crippen LogP contribution in [0.5, 0.6) is 0 Å². The van der Waals surface area contributed by atoms with Crippen LogP contribution in [0.2, 0.25) is 0 Å². The lowest BCUT2D eigenvalue weighted by Crippen LogP contribution is -1.93. The van der Waals surface area contributed by atoms with E-state index in [9.17, 15) is 0 Å². The zero-order chi connectivity index (χ0) is 14.2. The van der Waals surface area contributed by atoms with Gasteiger partial charge in [0.15, 0.2) is 0 Å². The molecule has 0 spiro atoms. The van der Waals surface area contributed by atoms with Crippen molar-refractivity contribution in [2.45, 2.75) is 25.7 Å². The fraction of sp³-hybridized carbons (Fsp3) is 0.222. The lowest BCUT2D eigenvalue weighted by molar-refractivity contribution is 0.924. The Labute approximate surface area is 129 Å². The molecule has 0 radical (unpaired) electrons. The molecule has 0 bridgehead atoms. The zero-order valence-electron chi connectivity index (χ0n) is 11.7. The summed E-state index contributed by atoms with van der Waals surface area (Å²) >= 11 is 3.65. The molecule has 2 aromatic heterocycles. The van der Waals surface area contributed by atoms with Crippen LogP contribution >= 0.6 is 22.7 Å². The van der Waals surface area contributed by atoms with Gasteiger partial charge in [0.1, 0.15) is 0 Å². The second kappa shape index (κ2) is 8.03. The molecule has 0 aromatic carbocycles. The van der Waals surface area contributed by atoms with Crippen LogP contribution in [0.4, 0.5) is 0 Å². The molecule has 2 heteroatoms. The second-order valence-corrected chi connectivity index (χ2v) is 6.60. The van der Waals surface area contributed by atoms with Gasteiger partial charge in [-0.1, -0.05) is 29.9 Å². The smallest absolute Gasteiger partial charge is 0.0305 e. The van der Waals surface area contributed by atoms with Gasteiger partial charge in [0.2, 0.25) is 0 Å². The van der Waals surface area contributed by atoms with Gasteiger partial charge in [-0.15, -0.1) is 35.8 Å². The van der Waals surface area contributed by atoms with Crippen LogP contribution < -0.4 is 0 Å². The Morgan fingerprint density at radius 1 is 1.00 bits per heavy atom. The molecule has 0 amide bonds. The van der Waals surface area contributed by atoms with Crippen molar-refractivity contribution in [1.29, 1.82) is 0 Å². The van der Waals surface area contributed by atoms with Crippen LogP contribution in [0.3, 0.4) is 0 Å². The van der Waals surface area contributed by atoms with Crippen LogP contribution in [0, 0.1) is 0 Å². The predicted molar refractivity (Wildman–Crippen MR) is 93.5 cm³/mol. The Morgan fingerprint density at radius 3 is 2.35 bits per heavy atom. The van der Waals surface area contributed by atoms with E-state index < -0.39 is 0 Å². The fourth-order valence-corrected chi connectivity index (χ4v) is 3.83. The summed E-state index contributed by atoms with van der Waals surface area (Å²) in [6.45, 7) is 7.82. The topological polar surface area (TPSA) is 0 Å². The van der Waals surface area contributed by atoms with Crippen molar-refractivity contribution in [1.82, 2.24) is 0 Å². The first-order valence-electron chi connectivity index (χ1n) is 6.84. The second-order valence-electron chi connectivity index (χ2n) is 4.62. The molecule has 0 saturated heterocycles. The number of hydrogen-bond acceptors (Lipinski definition) is 2. The number of thiophene rings is 2. The summed E-state index contributed by atoms with van der Waals surface area (Å²) in [6, 6.07) is 8.67. The highest BCUT2D eigenvalue weighted by Crippen LogP contribution is 2.31. The number of hydrogen-bond donors (Lipinski definition) is 0. The summed E-state index contributed by atoms with van der Waals surface area (Å²) < 4.78 is 0. The van der Waals surface area contributed by atoms with Crippen LogP contribution in [0.15, 0.2) is 65.9 Å². The van der Waals surface area contributed by atoms with Crippen molar-refractivity contribution in [2.75, 3.05) is 0 Å². The van der Waals surface area contributed by atoms with Gasteiger partial charge in [-0.25, -0.2) is 0 Å². The van der Waals surface area contributed by atoms with Crippen LogP contribution in [0.25, 0.3) is 5.57 Å². The molecule has 104 valence electrons. The molecule has 20 heavy (non-hydrogen) atoms. The third-order valence-corrected chi connectivity index (χ3v) is 5.10. The van der Waals surface area contributed by atoms with Gasteiger partial charge in [-0.3, -0.25) is 0 Å². The Hall–Kier alpha value is -1.38. The van der Waals surface area contributed by atoms with E-state index in [1.807, 2.05) is 34.8 Å². The molecule has 0 nitrogen and oxygen atoms in total. The van der Waals surface area contributed by atoms with Crippen LogP contribution in [-0.4, -0.2) is 0 Å². The first-order valence-corrected chi connectivity index (χ1v) is 8.60. The van der Waals surface area contributed by atoms with Gasteiger partial charge in [0.05, 0.1) is 0 Å². The molecular formula is C18H20S2. The van der Waals surface area contributed by atoms with E-state index in [0.29, 0.717) is 0 Å². The molecule has 2 heterocycles. The summed E-state index contributed by atoms with van der Waals surface area (Å²) in [5, 5.41) is 4.29. The van der Waals surface area contributed by atoms with E-state index in [2.05, 4.69) is 48.2 Å². The summed E-state index contributed by atoms with van der Waals surface area (Å²) in [5.41, 5.74) is 2.93.